The maximum atomic E-state index is 11.8. The van der Waals surface area contributed by atoms with Crippen molar-refractivity contribution in [3.8, 4) is 0 Å². The van der Waals surface area contributed by atoms with E-state index in [0.717, 1.165) is 5.56 Å². The predicted octanol–water partition coefficient (Wildman–Crippen LogP) is 1.10. The van der Waals surface area contributed by atoms with Crippen LogP contribution in [0, 0.1) is 0 Å². The molecule has 0 aromatic heterocycles. The third-order valence-corrected chi connectivity index (χ3v) is 2.92. The number of nitrogens with zero attached hydrogens (tertiary/aromatic N) is 2. The zero-order valence-electron chi connectivity index (χ0n) is 10.3. The van der Waals surface area contributed by atoms with Gasteiger partial charge in [0, 0.05) is 20.1 Å². The zero-order valence-corrected chi connectivity index (χ0v) is 10.3. The van der Waals surface area contributed by atoms with Gasteiger partial charge in [-0.25, -0.2) is 4.79 Å². The number of hydrogen-bond donors (Lipinski definition) is 0. The minimum atomic E-state index is -0.430. The van der Waals surface area contributed by atoms with Crippen molar-refractivity contribution in [3.63, 3.8) is 0 Å². The van der Waals surface area contributed by atoms with Crippen LogP contribution in [0.3, 0.4) is 0 Å². The van der Waals surface area contributed by atoms with Gasteiger partial charge in [0.1, 0.15) is 13.2 Å². The average Bonchev–Trinajstić information content (AvgIpc) is 2.40. The number of carbonyl (C=O) groups excluding carboxylic acids is 2. The summed E-state index contributed by atoms with van der Waals surface area (Å²) < 4.78 is 5.17. The molecule has 0 aliphatic carbocycles. The normalized spacial score (nSPS) is 15.7. The summed E-state index contributed by atoms with van der Waals surface area (Å²) in [5.41, 5.74) is 0.936. The summed E-state index contributed by atoms with van der Waals surface area (Å²) in [5.74, 6) is -0.0575. The van der Waals surface area contributed by atoms with Gasteiger partial charge < -0.3 is 9.64 Å². The van der Waals surface area contributed by atoms with Crippen LogP contribution in [-0.2, 0) is 16.1 Å². The lowest BCUT2D eigenvalue weighted by molar-refractivity contribution is -0.133. The Kier molecular flexibility index (Phi) is 3.82. The molecule has 18 heavy (non-hydrogen) atoms. The van der Waals surface area contributed by atoms with Crippen molar-refractivity contribution < 1.29 is 14.3 Å². The van der Waals surface area contributed by atoms with Crippen molar-refractivity contribution in [2.45, 2.75) is 6.61 Å². The van der Waals surface area contributed by atoms with Crippen LogP contribution in [0.5, 0.6) is 0 Å². The third kappa shape index (κ3) is 3.00. The molecule has 1 aliphatic rings. The smallest absolute Gasteiger partial charge is 0.410 e. The molecule has 1 fully saturated rings. The highest BCUT2D eigenvalue weighted by Crippen LogP contribution is 2.06. The minimum absolute atomic E-state index is 0.0575. The van der Waals surface area contributed by atoms with Crippen LogP contribution in [0.25, 0.3) is 0 Å². The van der Waals surface area contributed by atoms with Crippen molar-refractivity contribution in [2.24, 2.45) is 0 Å². The molecule has 2 amide bonds. The Labute approximate surface area is 106 Å². The molecule has 0 atom stereocenters. The first-order chi connectivity index (χ1) is 8.66. The van der Waals surface area contributed by atoms with Gasteiger partial charge in [-0.2, -0.15) is 0 Å². The summed E-state index contributed by atoms with van der Waals surface area (Å²) in [7, 11) is 1.73. The molecule has 1 heterocycles. The molecular formula is C13H16N2O3. The van der Waals surface area contributed by atoms with Crippen molar-refractivity contribution in [1.82, 2.24) is 9.80 Å². The predicted molar refractivity (Wildman–Crippen MR) is 65.8 cm³/mol. The lowest BCUT2D eigenvalue weighted by Crippen LogP contribution is -2.50. The van der Waals surface area contributed by atoms with Gasteiger partial charge in [0.2, 0.25) is 5.91 Å². The van der Waals surface area contributed by atoms with Crippen LogP contribution >= 0.6 is 0 Å². The van der Waals surface area contributed by atoms with Crippen LogP contribution in [0.15, 0.2) is 30.3 Å². The first kappa shape index (κ1) is 12.4. The molecule has 2 rings (SSSR count). The Hall–Kier alpha value is -2.04. The number of amides is 2. The number of benzene rings is 1. The van der Waals surface area contributed by atoms with E-state index < -0.39 is 6.09 Å². The van der Waals surface area contributed by atoms with Crippen LogP contribution < -0.4 is 0 Å². The van der Waals surface area contributed by atoms with Gasteiger partial charge in [-0.05, 0) is 5.56 Å². The highest BCUT2D eigenvalue weighted by molar-refractivity contribution is 5.83. The van der Waals surface area contributed by atoms with E-state index in [0.29, 0.717) is 13.1 Å². The molecule has 96 valence electrons. The maximum absolute atomic E-state index is 11.8. The van der Waals surface area contributed by atoms with E-state index in [4.69, 9.17) is 4.74 Å². The molecule has 0 spiro atoms. The third-order valence-electron chi connectivity index (χ3n) is 2.92. The van der Waals surface area contributed by atoms with Gasteiger partial charge in [-0.15, -0.1) is 0 Å². The molecule has 5 heteroatoms. The number of ether oxygens (including phenoxy) is 1. The lowest BCUT2D eigenvalue weighted by Gasteiger charge is -2.31. The van der Waals surface area contributed by atoms with E-state index in [1.807, 2.05) is 30.3 Å². The Bertz CT molecular complexity index is 433. The van der Waals surface area contributed by atoms with E-state index in [9.17, 15) is 9.59 Å². The molecule has 5 nitrogen and oxygen atoms in total. The monoisotopic (exact) mass is 248 g/mol. The standard InChI is InChI=1S/C13H16N2O3/c1-14-7-8-15(9-12(14)16)13(17)18-10-11-5-3-2-4-6-11/h2-6H,7-10H2,1H3. The molecule has 1 aliphatic heterocycles. The second-order valence-electron chi connectivity index (χ2n) is 4.28. The molecular weight excluding hydrogens is 232 g/mol. The summed E-state index contributed by atoms with van der Waals surface area (Å²) in [6, 6.07) is 9.47. The van der Waals surface area contributed by atoms with Crippen LogP contribution in [0.1, 0.15) is 5.56 Å². The van der Waals surface area contributed by atoms with Crippen molar-refractivity contribution >= 4 is 12.0 Å². The van der Waals surface area contributed by atoms with E-state index in [2.05, 4.69) is 0 Å². The minimum Gasteiger partial charge on any atom is -0.445 e. The molecule has 1 saturated heterocycles. The second-order valence-corrected chi connectivity index (χ2v) is 4.28. The number of likely N-dealkylation sites (N-methyl/N-ethyl adjacent to an activating group) is 1. The lowest BCUT2D eigenvalue weighted by atomic mass is 10.2. The van der Waals surface area contributed by atoms with E-state index in [-0.39, 0.29) is 19.1 Å². The Balaban J connectivity index is 1.83. The molecule has 0 saturated carbocycles. The van der Waals surface area contributed by atoms with Crippen LogP contribution in [0.4, 0.5) is 4.79 Å². The van der Waals surface area contributed by atoms with Crippen LogP contribution in [0.2, 0.25) is 0 Å². The summed E-state index contributed by atoms with van der Waals surface area (Å²) in [6.07, 6.45) is -0.430. The van der Waals surface area contributed by atoms with Gasteiger partial charge >= 0.3 is 6.09 Å². The Morgan fingerprint density at radius 1 is 1.28 bits per heavy atom. The fourth-order valence-electron chi connectivity index (χ4n) is 1.72. The molecule has 0 radical (unpaired) electrons. The molecule has 1 aromatic rings. The van der Waals surface area contributed by atoms with Gasteiger partial charge in [-0.1, -0.05) is 30.3 Å². The van der Waals surface area contributed by atoms with E-state index >= 15 is 0 Å². The molecule has 1 aromatic carbocycles. The van der Waals surface area contributed by atoms with Gasteiger partial charge in [0.15, 0.2) is 0 Å². The quantitative estimate of drug-likeness (QED) is 0.787. The maximum Gasteiger partial charge on any atom is 0.410 e. The highest BCUT2D eigenvalue weighted by atomic mass is 16.6. The number of carbonyl (C=O) groups is 2. The summed E-state index contributed by atoms with van der Waals surface area (Å²) in [5, 5.41) is 0. The zero-order chi connectivity index (χ0) is 13.0. The second kappa shape index (κ2) is 5.53. The number of hydrogen-bond acceptors (Lipinski definition) is 3. The molecule has 0 N–H and O–H groups in total. The Morgan fingerprint density at radius 3 is 2.67 bits per heavy atom. The Morgan fingerprint density at radius 2 is 2.00 bits per heavy atom. The highest BCUT2D eigenvalue weighted by Gasteiger charge is 2.25. The number of piperazine rings is 1. The number of rotatable bonds is 2. The molecule has 0 unspecified atom stereocenters. The van der Waals surface area contributed by atoms with Crippen LogP contribution in [-0.4, -0.2) is 48.5 Å². The average molecular weight is 248 g/mol. The fourth-order valence-corrected chi connectivity index (χ4v) is 1.72. The summed E-state index contributed by atoms with van der Waals surface area (Å²) >= 11 is 0. The summed E-state index contributed by atoms with van der Waals surface area (Å²) in [4.78, 5) is 26.3. The van der Waals surface area contributed by atoms with Gasteiger partial charge in [0.05, 0.1) is 0 Å². The topological polar surface area (TPSA) is 49.9 Å². The van der Waals surface area contributed by atoms with E-state index in [1.165, 1.54) is 4.90 Å². The van der Waals surface area contributed by atoms with Crippen molar-refractivity contribution in [3.05, 3.63) is 35.9 Å². The van der Waals surface area contributed by atoms with Gasteiger partial charge in [-0.3, -0.25) is 9.69 Å². The summed E-state index contributed by atoms with van der Waals surface area (Å²) in [6.45, 7) is 1.42. The van der Waals surface area contributed by atoms with Gasteiger partial charge in [0.25, 0.3) is 0 Å². The van der Waals surface area contributed by atoms with Crippen molar-refractivity contribution in [1.29, 1.82) is 0 Å². The largest absolute Gasteiger partial charge is 0.445 e. The first-order valence-corrected chi connectivity index (χ1v) is 5.86. The first-order valence-electron chi connectivity index (χ1n) is 5.86. The SMILES string of the molecule is CN1CCN(C(=O)OCc2ccccc2)CC1=O. The molecule has 0 bridgehead atoms. The fraction of sp³-hybridized carbons (Fsp3) is 0.385. The van der Waals surface area contributed by atoms with Crippen molar-refractivity contribution in [2.75, 3.05) is 26.7 Å². The van der Waals surface area contributed by atoms with E-state index in [1.54, 1.807) is 11.9 Å².